The Morgan fingerprint density at radius 2 is 2.19 bits per heavy atom. The van der Waals surface area contributed by atoms with Gasteiger partial charge in [0.1, 0.15) is 5.50 Å². The molecule has 1 atom stereocenters. The van der Waals surface area contributed by atoms with Crippen molar-refractivity contribution in [3.8, 4) is 0 Å². The van der Waals surface area contributed by atoms with Gasteiger partial charge in [0, 0.05) is 33.3 Å². The molecule has 0 spiro atoms. The predicted octanol–water partition coefficient (Wildman–Crippen LogP) is 3.00. The molecule has 0 aliphatic carbocycles. The first kappa shape index (κ1) is 15.7. The van der Waals surface area contributed by atoms with E-state index in [9.17, 15) is 14.9 Å². The summed E-state index contributed by atoms with van der Waals surface area (Å²) in [4.78, 5) is 26.9. The first-order valence-corrected chi connectivity index (χ1v) is 7.23. The fourth-order valence-corrected chi connectivity index (χ4v) is 3.46. The molecule has 0 bridgehead atoms. The fourth-order valence-electron chi connectivity index (χ4n) is 2.04. The molecule has 110 valence electrons. The van der Waals surface area contributed by atoms with E-state index in [4.69, 9.17) is 17.3 Å². The zero-order valence-electron chi connectivity index (χ0n) is 11.3. The number of carbonyl (C=O) groups is 1. The summed E-state index contributed by atoms with van der Waals surface area (Å²) in [6.07, 6.45) is 0. The Labute approximate surface area is 130 Å². The first-order valence-electron chi connectivity index (χ1n) is 5.97. The van der Waals surface area contributed by atoms with E-state index >= 15 is 0 Å². The minimum absolute atomic E-state index is 0.0980. The number of Topliss-reactive ketones (excluding diaryl/α,β-unsaturated/α-hetero) is 1. The largest absolute Gasteiger partial charge is 0.301 e. The molecule has 6 nitrogen and oxygen atoms in total. The second-order valence-electron chi connectivity index (χ2n) is 4.40. The molecule has 1 aromatic carbocycles. The summed E-state index contributed by atoms with van der Waals surface area (Å²) in [7, 11) is 0. The number of halogens is 1. The zero-order valence-corrected chi connectivity index (χ0v) is 12.9. The fraction of sp³-hybridized carbons (Fsp3) is 0.231. The Balaban J connectivity index is 2.70. The molecule has 2 rings (SSSR count). The van der Waals surface area contributed by atoms with Crippen LogP contribution < -0.4 is 5.73 Å². The van der Waals surface area contributed by atoms with Crippen LogP contribution in [0.4, 0.5) is 5.69 Å². The maximum atomic E-state index is 11.9. The topological polar surface area (TPSA) is 98.6 Å². The number of aliphatic imine (C=N–C) groups is 1. The van der Waals surface area contributed by atoms with E-state index in [1.54, 1.807) is 6.92 Å². The number of hydrogen-bond acceptors (Lipinski definition) is 6. The van der Waals surface area contributed by atoms with Crippen molar-refractivity contribution in [3.05, 3.63) is 44.5 Å². The van der Waals surface area contributed by atoms with E-state index < -0.39 is 10.4 Å². The molecule has 1 aliphatic heterocycles. The molecule has 0 amide bonds. The highest BCUT2D eigenvalue weighted by Crippen LogP contribution is 2.41. The van der Waals surface area contributed by atoms with Gasteiger partial charge in [0.25, 0.3) is 5.69 Å². The average molecular weight is 326 g/mol. The standard InChI is InChI=1S/C13H12ClN3O3S/c1-6-11(7(2)18)12(21-13(15)16-6)9-5-8(17(19)20)3-4-10(9)14/h3-5,13H,15H2,1-2H3. The van der Waals surface area contributed by atoms with Gasteiger partial charge in [-0.25, -0.2) is 0 Å². The number of nitro groups is 1. The third-order valence-corrected chi connectivity index (χ3v) is 4.24. The first-order chi connectivity index (χ1) is 9.81. The maximum absolute atomic E-state index is 11.9. The van der Waals surface area contributed by atoms with Gasteiger partial charge in [-0.05, 0) is 19.9 Å². The third kappa shape index (κ3) is 3.15. The monoisotopic (exact) mass is 325 g/mol. The molecule has 21 heavy (non-hydrogen) atoms. The minimum Gasteiger partial charge on any atom is -0.301 e. The van der Waals surface area contributed by atoms with Gasteiger partial charge < -0.3 is 5.73 Å². The van der Waals surface area contributed by atoms with E-state index in [2.05, 4.69) is 4.99 Å². The number of nitrogens with two attached hydrogens (primary N) is 1. The van der Waals surface area contributed by atoms with Crippen molar-refractivity contribution in [2.24, 2.45) is 10.7 Å². The van der Waals surface area contributed by atoms with Crippen molar-refractivity contribution in [2.75, 3.05) is 0 Å². The second-order valence-corrected chi connectivity index (χ2v) is 5.94. The maximum Gasteiger partial charge on any atom is 0.270 e. The zero-order chi connectivity index (χ0) is 15.7. The Morgan fingerprint density at radius 1 is 1.52 bits per heavy atom. The molecular weight excluding hydrogens is 314 g/mol. The lowest BCUT2D eigenvalue weighted by Crippen LogP contribution is -2.22. The van der Waals surface area contributed by atoms with Gasteiger partial charge in [-0.1, -0.05) is 23.4 Å². The molecule has 1 heterocycles. The summed E-state index contributed by atoms with van der Waals surface area (Å²) < 4.78 is 0. The lowest BCUT2D eigenvalue weighted by molar-refractivity contribution is -0.384. The number of benzene rings is 1. The van der Waals surface area contributed by atoms with Gasteiger partial charge in [0.05, 0.1) is 10.5 Å². The number of nitro benzene ring substituents is 1. The average Bonchev–Trinajstić information content (AvgIpc) is 2.37. The number of nitrogens with zero attached hydrogens (tertiary/aromatic N) is 2. The number of ketones is 1. The molecule has 1 aliphatic rings. The summed E-state index contributed by atoms with van der Waals surface area (Å²) in [5, 5.41) is 11.2. The van der Waals surface area contributed by atoms with Crippen LogP contribution in [0.15, 0.2) is 28.8 Å². The predicted molar refractivity (Wildman–Crippen MR) is 84.4 cm³/mol. The van der Waals surface area contributed by atoms with Crippen LogP contribution in [0.25, 0.3) is 4.91 Å². The van der Waals surface area contributed by atoms with Crippen LogP contribution in [-0.2, 0) is 4.79 Å². The van der Waals surface area contributed by atoms with Crippen LogP contribution in [0.3, 0.4) is 0 Å². The van der Waals surface area contributed by atoms with Gasteiger partial charge in [-0.15, -0.1) is 0 Å². The van der Waals surface area contributed by atoms with Gasteiger partial charge >= 0.3 is 0 Å². The van der Waals surface area contributed by atoms with Gasteiger partial charge in [0.15, 0.2) is 5.78 Å². The van der Waals surface area contributed by atoms with Crippen molar-refractivity contribution < 1.29 is 9.72 Å². The summed E-state index contributed by atoms with van der Waals surface area (Å²) in [6, 6.07) is 4.10. The summed E-state index contributed by atoms with van der Waals surface area (Å²) >= 11 is 7.29. The van der Waals surface area contributed by atoms with Crippen LogP contribution in [0.1, 0.15) is 19.4 Å². The molecule has 0 fully saturated rings. The van der Waals surface area contributed by atoms with E-state index in [1.165, 1.54) is 25.1 Å². The molecule has 8 heteroatoms. The molecule has 0 saturated carbocycles. The Morgan fingerprint density at radius 3 is 2.76 bits per heavy atom. The Hall–Kier alpha value is -1.70. The second kappa shape index (κ2) is 5.97. The smallest absolute Gasteiger partial charge is 0.270 e. The van der Waals surface area contributed by atoms with Crippen molar-refractivity contribution >= 4 is 45.5 Å². The third-order valence-electron chi connectivity index (χ3n) is 2.91. The lowest BCUT2D eigenvalue weighted by Gasteiger charge is -2.21. The van der Waals surface area contributed by atoms with E-state index in [1.807, 2.05) is 0 Å². The normalized spacial score (nSPS) is 18.5. The van der Waals surface area contributed by atoms with Crippen molar-refractivity contribution in [2.45, 2.75) is 19.3 Å². The van der Waals surface area contributed by atoms with Gasteiger partial charge in [0.2, 0.25) is 0 Å². The van der Waals surface area contributed by atoms with Crippen LogP contribution >= 0.6 is 23.4 Å². The Bertz CT molecular complexity index is 700. The number of carbonyl (C=O) groups excluding carboxylic acids is 1. The number of thioether (sulfide) groups is 1. The summed E-state index contributed by atoms with van der Waals surface area (Å²) in [5.41, 5.74) is 6.47. The number of hydrogen-bond donors (Lipinski definition) is 1. The van der Waals surface area contributed by atoms with Crippen LogP contribution in [0.5, 0.6) is 0 Å². The van der Waals surface area contributed by atoms with E-state index in [-0.39, 0.29) is 11.5 Å². The molecule has 2 N–H and O–H groups in total. The molecule has 1 aromatic rings. The van der Waals surface area contributed by atoms with Crippen molar-refractivity contribution in [3.63, 3.8) is 0 Å². The number of non-ortho nitro benzene ring substituents is 1. The van der Waals surface area contributed by atoms with Crippen LogP contribution in [0.2, 0.25) is 5.02 Å². The van der Waals surface area contributed by atoms with Crippen LogP contribution in [0, 0.1) is 10.1 Å². The lowest BCUT2D eigenvalue weighted by atomic mass is 10.0. The molecular formula is C13H12ClN3O3S. The van der Waals surface area contributed by atoms with E-state index in [0.717, 1.165) is 11.8 Å². The van der Waals surface area contributed by atoms with Crippen molar-refractivity contribution in [1.29, 1.82) is 0 Å². The number of allylic oxidation sites excluding steroid dienone is 1. The van der Waals surface area contributed by atoms with E-state index in [0.29, 0.717) is 26.8 Å². The summed E-state index contributed by atoms with van der Waals surface area (Å²) in [5.74, 6) is -0.187. The highest BCUT2D eigenvalue weighted by atomic mass is 35.5. The quantitative estimate of drug-likeness (QED) is 0.680. The molecule has 0 saturated heterocycles. The van der Waals surface area contributed by atoms with Crippen LogP contribution in [-0.4, -0.2) is 21.9 Å². The molecule has 0 aromatic heterocycles. The number of rotatable bonds is 3. The highest BCUT2D eigenvalue weighted by Gasteiger charge is 2.26. The molecule has 1 unspecified atom stereocenters. The minimum atomic E-state index is -0.571. The summed E-state index contributed by atoms with van der Waals surface area (Å²) in [6.45, 7) is 3.10. The van der Waals surface area contributed by atoms with Gasteiger partial charge in [-0.2, -0.15) is 0 Å². The molecule has 0 radical (unpaired) electrons. The highest BCUT2D eigenvalue weighted by molar-refractivity contribution is 8.09. The van der Waals surface area contributed by atoms with Gasteiger partial charge in [-0.3, -0.25) is 19.9 Å². The Kier molecular flexibility index (Phi) is 4.46. The SMILES string of the molecule is CC(=O)C1=C(c2cc([N+](=O)[O-])ccc2Cl)SC(N)N=C1C. The van der Waals surface area contributed by atoms with Crippen molar-refractivity contribution in [1.82, 2.24) is 0 Å².